The molecule has 0 aliphatic rings. The minimum atomic E-state index is -0.332. The van der Waals surface area contributed by atoms with Crippen LogP contribution in [-0.4, -0.2) is 56.0 Å². The molecule has 2 N–H and O–H groups in total. The topological polar surface area (TPSA) is 44.7 Å². The van der Waals surface area contributed by atoms with Crippen molar-refractivity contribution in [3.8, 4) is 0 Å². The Hall–Kier alpha value is -0.460. The molecule has 0 fully saturated rings. The Morgan fingerprint density at radius 3 is 3.00 bits per heavy atom. The summed E-state index contributed by atoms with van der Waals surface area (Å²) in [4.78, 5) is 3.60. The Balaban J connectivity index is 2.20. The number of thiophene rings is 1. The molecular formula is C13H24N2O2S. The zero-order chi connectivity index (χ0) is 13.2. The molecule has 1 aromatic heterocycles. The van der Waals surface area contributed by atoms with Crippen molar-refractivity contribution in [2.45, 2.75) is 19.6 Å². The number of hydrogen-bond donors (Lipinski definition) is 2. The first-order valence-electron chi connectivity index (χ1n) is 6.38. The minimum absolute atomic E-state index is 0.332. The molecule has 0 aromatic carbocycles. The van der Waals surface area contributed by atoms with Crippen molar-refractivity contribution in [2.75, 3.05) is 39.9 Å². The average Bonchev–Trinajstić information content (AvgIpc) is 2.86. The molecule has 0 bridgehead atoms. The Bertz CT molecular complexity index is 293. The van der Waals surface area contributed by atoms with Crippen LogP contribution in [0.3, 0.4) is 0 Å². The highest BCUT2D eigenvalue weighted by Crippen LogP contribution is 2.11. The predicted octanol–water partition coefficient (Wildman–Crippen LogP) is 1.17. The molecule has 0 saturated carbocycles. The predicted molar refractivity (Wildman–Crippen MR) is 76.0 cm³/mol. The molecule has 18 heavy (non-hydrogen) atoms. The summed E-state index contributed by atoms with van der Waals surface area (Å²) in [6, 6.07) is 4.20. The van der Waals surface area contributed by atoms with Crippen molar-refractivity contribution in [1.29, 1.82) is 0 Å². The molecule has 0 radical (unpaired) electrons. The molecule has 1 heterocycles. The van der Waals surface area contributed by atoms with Crippen molar-refractivity contribution in [3.05, 3.63) is 22.4 Å². The Kier molecular flexibility index (Phi) is 8.20. The summed E-state index contributed by atoms with van der Waals surface area (Å²) < 4.78 is 4.94. The molecular weight excluding hydrogens is 248 g/mol. The fourth-order valence-corrected chi connectivity index (χ4v) is 2.48. The van der Waals surface area contributed by atoms with Gasteiger partial charge in [-0.25, -0.2) is 0 Å². The maximum absolute atomic E-state index is 9.94. The molecule has 0 saturated heterocycles. The van der Waals surface area contributed by atoms with Crippen molar-refractivity contribution in [3.63, 3.8) is 0 Å². The van der Waals surface area contributed by atoms with E-state index in [2.05, 4.69) is 34.7 Å². The summed E-state index contributed by atoms with van der Waals surface area (Å²) in [5, 5.41) is 15.2. The Morgan fingerprint density at radius 1 is 1.56 bits per heavy atom. The van der Waals surface area contributed by atoms with E-state index in [1.54, 1.807) is 18.4 Å². The summed E-state index contributed by atoms with van der Waals surface area (Å²) in [5.74, 6) is 0. The summed E-state index contributed by atoms with van der Waals surface area (Å²) >= 11 is 1.76. The van der Waals surface area contributed by atoms with Crippen LogP contribution in [0.5, 0.6) is 0 Å². The monoisotopic (exact) mass is 272 g/mol. The molecule has 4 nitrogen and oxygen atoms in total. The van der Waals surface area contributed by atoms with Gasteiger partial charge in [0.2, 0.25) is 0 Å². The number of aliphatic hydroxyl groups is 1. The standard InChI is InChI=1S/C13H24N2O2S/c1-3-15(11-13-5-4-8-18-13)10-12(16)9-14-6-7-17-2/h4-5,8,12,14,16H,3,6-7,9-11H2,1-2H3. The third-order valence-electron chi connectivity index (χ3n) is 2.74. The zero-order valence-electron chi connectivity index (χ0n) is 11.3. The Labute approximate surface area is 114 Å². The largest absolute Gasteiger partial charge is 0.390 e. The van der Waals surface area contributed by atoms with Crippen LogP contribution in [0.2, 0.25) is 0 Å². The van der Waals surface area contributed by atoms with Gasteiger partial charge in [-0.3, -0.25) is 4.90 Å². The first kappa shape index (κ1) is 15.6. The van der Waals surface area contributed by atoms with Crippen LogP contribution in [0.1, 0.15) is 11.8 Å². The van der Waals surface area contributed by atoms with E-state index in [1.807, 2.05) is 0 Å². The summed E-state index contributed by atoms with van der Waals surface area (Å²) in [5.41, 5.74) is 0. The lowest BCUT2D eigenvalue weighted by Gasteiger charge is -2.23. The van der Waals surface area contributed by atoms with Gasteiger partial charge in [0, 0.05) is 38.2 Å². The van der Waals surface area contributed by atoms with E-state index in [4.69, 9.17) is 4.74 Å². The molecule has 1 atom stereocenters. The van der Waals surface area contributed by atoms with Gasteiger partial charge in [-0.15, -0.1) is 11.3 Å². The first-order chi connectivity index (χ1) is 8.76. The SMILES string of the molecule is CCN(Cc1cccs1)CC(O)CNCCOC. The van der Waals surface area contributed by atoms with Crippen LogP contribution >= 0.6 is 11.3 Å². The third-order valence-corrected chi connectivity index (χ3v) is 3.60. The van der Waals surface area contributed by atoms with E-state index in [-0.39, 0.29) is 6.10 Å². The normalized spacial score (nSPS) is 13.1. The second-order valence-corrected chi connectivity index (χ2v) is 5.29. The second-order valence-electron chi connectivity index (χ2n) is 4.26. The molecule has 1 rings (SSSR count). The van der Waals surface area contributed by atoms with Crippen LogP contribution in [-0.2, 0) is 11.3 Å². The van der Waals surface area contributed by atoms with Gasteiger partial charge < -0.3 is 15.2 Å². The van der Waals surface area contributed by atoms with Crippen LogP contribution in [0, 0.1) is 0 Å². The molecule has 5 heteroatoms. The van der Waals surface area contributed by atoms with E-state index in [0.29, 0.717) is 19.7 Å². The molecule has 1 unspecified atom stereocenters. The number of ether oxygens (including phenoxy) is 1. The van der Waals surface area contributed by atoms with Crippen molar-refractivity contribution in [1.82, 2.24) is 10.2 Å². The Morgan fingerprint density at radius 2 is 2.39 bits per heavy atom. The molecule has 104 valence electrons. The summed E-state index contributed by atoms with van der Waals surface area (Å²) in [6.07, 6.45) is -0.332. The number of methoxy groups -OCH3 is 1. The van der Waals surface area contributed by atoms with Crippen LogP contribution in [0.4, 0.5) is 0 Å². The summed E-state index contributed by atoms with van der Waals surface area (Å²) in [7, 11) is 1.68. The van der Waals surface area contributed by atoms with Gasteiger partial charge in [-0.1, -0.05) is 13.0 Å². The van der Waals surface area contributed by atoms with E-state index in [0.717, 1.165) is 19.6 Å². The molecule has 0 aliphatic heterocycles. The maximum Gasteiger partial charge on any atom is 0.0791 e. The lowest BCUT2D eigenvalue weighted by Crippen LogP contribution is -2.38. The smallest absolute Gasteiger partial charge is 0.0791 e. The zero-order valence-corrected chi connectivity index (χ0v) is 12.1. The van der Waals surface area contributed by atoms with Crippen molar-refractivity contribution < 1.29 is 9.84 Å². The van der Waals surface area contributed by atoms with E-state index >= 15 is 0 Å². The fraction of sp³-hybridized carbons (Fsp3) is 0.692. The lowest BCUT2D eigenvalue weighted by atomic mass is 10.3. The quantitative estimate of drug-likeness (QED) is 0.628. The molecule has 0 spiro atoms. The summed E-state index contributed by atoms with van der Waals surface area (Å²) in [6.45, 7) is 6.78. The maximum atomic E-state index is 9.94. The number of hydrogen-bond acceptors (Lipinski definition) is 5. The van der Waals surface area contributed by atoms with Gasteiger partial charge in [0.1, 0.15) is 0 Å². The van der Waals surface area contributed by atoms with Gasteiger partial charge in [0.25, 0.3) is 0 Å². The van der Waals surface area contributed by atoms with E-state index < -0.39 is 0 Å². The number of aliphatic hydroxyl groups excluding tert-OH is 1. The lowest BCUT2D eigenvalue weighted by molar-refractivity contribution is 0.108. The van der Waals surface area contributed by atoms with E-state index in [1.165, 1.54) is 4.88 Å². The van der Waals surface area contributed by atoms with Crippen LogP contribution in [0.25, 0.3) is 0 Å². The highest BCUT2D eigenvalue weighted by molar-refractivity contribution is 7.09. The number of nitrogens with zero attached hydrogens (tertiary/aromatic N) is 1. The van der Waals surface area contributed by atoms with E-state index in [9.17, 15) is 5.11 Å². The molecule has 0 amide bonds. The third kappa shape index (κ3) is 6.47. The first-order valence-corrected chi connectivity index (χ1v) is 7.26. The fourth-order valence-electron chi connectivity index (χ4n) is 1.73. The van der Waals surface area contributed by atoms with Gasteiger partial charge in [0.05, 0.1) is 12.7 Å². The van der Waals surface area contributed by atoms with Crippen molar-refractivity contribution in [2.24, 2.45) is 0 Å². The molecule has 0 aliphatic carbocycles. The van der Waals surface area contributed by atoms with Gasteiger partial charge >= 0.3 is 0 Å². The van der Waals surface area contributed by atoms with Gasteiger partial charge in [0.15, 0.2) is 0 Å². The average molecular weight is 272 g/mol. The van der Waals surface area contributed by atoms with Crippen molar-refractivity contribution >= 4 is 11.3 Å². The molecule has 1 aromatic rings. The minimum Gasteiger partial charge on any atom is -0.390 e. The number of rotatable bonds is 10. The second kappa shape index (κ2) is 9.47. The number of likely N-dealkylation sites (N-methyl/N-ethyl adjacent to an activating group) is 1. The highest BCUT2D eigenvalue weighted by Gasteiger charge is 2.10. The van der Waals surface area contributed by atoms with Crippen LogP contribution < -0.4 is 5.32 Å². The van der Waals surface area contributed by atoms with Gasteiger partial charge in [-0.2, -0.15) is 0 Å². The highest BCUT2D eigenvalue weighted by atomic mass is 32.1. The number of nitrogens with one attached hydrogen (secondary N) is 1. The van der Waals surface area contributed by atoms with Gasteiger partial charge in [-0.05, 0) is 18.0 Å². The van der Waals surface area contributed by atoms with Crippen LogP contribution in [0.15, 0.2) is 17.5 Å².